The lowest BCUT2D eigenvalue weighted by Gasteiger charge is -2.08. The Hall–Kier alpha value is -2.18. The van der Waals surface area contributed by atoms with Gasteiger partial charge in [-0.15, -0.1) is 0 Å². The van der Waals surface area contributed by atoms with Crippen LogP contribution in [0.25, 0.3) is 6.08 Å². The van der Waals surface area contributed by atoms with Crippen molar-refractivity contribution < 1.29 is 19.9 Å². The minimum atomic E-state index is -0.894. The minimum Gasteiger partial charge on any atom is -0.480 e. The van der Waals surface area contributed by atoms with Gasteiger partial charge in [0.2, 0.25) is 0 Å². The molecule has 0 fully saturated rings. The molecule has 6 heteroatoms. The van der Waals surface area contributed by atoms with E-state index in [1.807, 2.05) is 12.1 Å². The minimum absolute atomic E-state index is 0.453. The first kappa shape index (κ1) is 14.9. The highest BCUT2D eigenvalue weighted by Gasteiger charge is 2.08. The first-order valence-electron chi connectivity index (χ1n) is 5.70. The summed E-state index contributed by atoms with van der Waals surface area (Å²) in [5.41, 5.74) is 3.24. The summed E-state index contributed by atoms with van der Waals surface area (Å²) < 4.78 is 0. The van der Waals surface area contributed by atoms with Gasteiger partial charge in [0.15, 0.2) is 0 Å². The number of hydrogen-bond acceptors (Lipinski definition) is 4. The van der Waals surface area contributed by atoms with Crippen LogP contribution < -0.4 is 10.8 Å². The van der Waals surface area contributed by atoms with Crippen molar-refractivity contribution in [3.05, 3.63) is 41.5 Å². The second kappa shape index (κ2) is 7.30. The topological polar surface area (TPSA) is 98.7 Å². The van der Waals surface area contributed by atoms with E-state index in [0.717, 1.165) is 11.1 Å². The monoisotopic (exact) mass is 264 g/mol. The van der Waals surface area contributed by atoms with Gasteiger partial charge in [-0.1, -0.05) is 24.3 Å². The Labute approximate surface area is 110 Å². The smallest absolute Gasteiger partial charge is 0.320 e. The highest BCUT2D eigenvalue weighted by molar-refractivity contribution is 5.90. The maximum Gasteiger partial charge on any atom is 0.320 e. The van der Waals surface area contributed by atoms with Gasteiger partial charge >= 0.3 is 5.97 Å². The summed E-state index contributed by atoms with van der Waals surface area (Å²) in [4.78, 5) is 21.4. The third kappa shape index (κ3) is 5.33. The van der Waals surface area contributed by atoms with Crippen molar-refractivity contribution in [3.63, 3.8) is 0 Å². The number of carboxylic acids is 1. The van der Waals surface area contributed by atoms with E-state index in [1.54, 1.807) is 25.1 Å². The van der Waals surface area contributed by atoms with E-state index in [1.165, 1.54) is 11.6 Å². The second-order valence-corrected chi connectivity index (χ2v) is 3.99. The summed E-state index contributed by atoms with van der Waals surface area (Å²) in [6.45, 7) is 2.03. The Kier molecular flexibility index (Phi) is 5.72. The van der Waals surface area contributed by atoms with Crippen molar-refractivity contribution in [1.82, 2.24) is 10.8 Å². The number of aliphatic carboxylic acids is 1. The van der Waals surface area contributed by atoms with Crippen LogP contribution in [0.1, 0.15) is 18.1 Å². The van der Waals surface area contributed by atoms with Crippen molar-refractivity contribution in [1.29, 1.82) is 0 Å². The summed E-state index contributed by atoms with van der Waals surface area (Å²) in [5.74, 6) is -1.49. The summed E-state index contributed by atoms with van der Waals surface area (Å²) >= 11 is 0. The second-order valence-electron chi connectivity index (χ2n) is 3.99. The van der Waals surface area contributed by atoms with Crippen LogP contribution in [0.3, 0.4) is 0 Å². The first-order chi connectivity index (χ1) is 9.02. The lowest BCUT2D eigenvalue weighted by molar-refractivity contribution is -0.139. The molecule has 0 saturated heterocycles. The molecule has 1 aromatic carbocycles. The van der Waals surface area contributed by atoms with E-state index in [4.69, 9.17) is 10.3 Å². The van der Waals surface area contributed by atoms with Crippen LogP contribution in [0.2, 0.25) is 0 Å². The van der Waals surface area contributed by atoms with Crippen LogP contribution in [0.5, 0.6) is 0 Å². The quantitative estimate of drug-likeness (QED) is 0.345. The Morgan fingerprint density at radius 1 is 1.32 bits per heavy atom. The van der Waals surface area contributed by atoms with Crippen molar-refractivity contribution in [2.75, 3.05) is 0 Å². The van der Waals surface area contributed by atoms with Crippen LogP contribution in [0, 0.1) is 0 Å². The van der Waals surface area contributed by atoms with Gasteiger partial charge < -0.3 is 10.4 Å². The number of nitrogens with one attached hydrogen (secondary N) is 2. The lowest BCUT2D eigenvalue weighted by atomic mass is 10.1. The zero-order valence-corrected chi connectivity index (χ0v) is 10.5. The molecule has 0 radical (unpaired) electrons. The number of carboxylic acid groups (broad SMARTS) is 1. The van der Waals surface area contributed by atoms with Crippen LogP contribution in [0.4, 0.5) is 0 Å². The fraction of sp³-hybridized carbons (Fsp3) is 0.231. The van der Waals surface area contributed by atoms with Gasteiger partial charge in [0.25, 0.3) is 5.91 Å². The summed E-state index contributed by atoms with van der Waals surface area (Å²) in [5, 5.41) is 19.9. The van der Waals surface area contributed by atoms with Gasteiger partial charge in [0.05, 0.1) is 0 Å². The fourth-order valence-electron chi connectivity index (χ4n) is 1.31. The van der Waals surface area contributed by atoms with Crippen LogP contribution in [-0.2, 0) is 16.1 Å². The molecule has 0 saturated carbocycles. The molecule has 0 heterocycles. The van der Waals surface area contributed by atoms with Gasteiger partial charge in [-0.3, -0.25) is 14.8 Å². The molecule has 6 nitrogen and oxygen atoms in total. The molecule has 0 spiro atoms. The van der Waals surface area contributed by atoms with E-state index in [9.17, 15) is 9.59 Å². The molecule has 102 valence electrons. The van der Waals surface area contributed by atoms with Crippen LogP contribution >= 0.6 is 0 Å². The zero-order chi connectivity index (χ0) is 14.3. The van der Waals surface area contributed by atoms with Gasteiger partial charge in [-0.2, -0.15) is 0 Å². The van der Waals surface area contributed by atoms with Crippen molar-refractivity contribution in [3.8, 4) is 0 Å². The number of benzene rings is 1. The average molecular weight is 264 g/mol. The molecule has 1 amide bonds. The first-order valence-corrected chi connectivity index (χ1v) is 5.70. The Morgan fingerprint density at radius 2 is 1.95 bits per heavy atom. The molecule has 0 aromatic heterocycles. The molecule has 1 atom stereocenters. The number of hydroxylamine groups is 1. The van der Waals surface area contributed by atoms with Gasteiger partial charge in [0, 0.05) is 12.6 Å². The van der Waals surface area contributed by atoms with Gasteiger partial charge in [-0.25, -0.2) is 5.48 Å². The van der Waals surface area contributed by atoms with Crippen molar-refractivity contribution in [2.45, 2.75) is 19.5 Å². The van der Waals surface area contributed by atoms with E-state index >= 15 is 0 Å². The predicted octanol–water partition coefficient (Wildman–Crippen LogP) is 0.768. The fourth-order valence-corrected chi connectivity index (χ4v) is 1.31. The molecular weight excluding hydrogens is 248 g/mol. The van der Waals surface area contributed by atoms with Crippen LogP contribution in [0.15, 0.2) is 30.3 Å². The molecule has 19 heavy (non-hydrogen) atoms. The highest BCUT2D eigenvalue weighted by atomic mass is 16.5. The van der Waals surface area contributed by atoms with Gasteiger partial charge in [0.1, 0.15) is 6.04 Å². The number of carbonyl (C=O) groups excluding carboxylic acids is 1. The molecule has 1 unspecified atom stereocenters. The standard InChI is InChI=1S/C13H16N2O4/c1-9(13(17)18)14-8-11-4-2-10(3-5-11)6-7-12(16)15-19/h2-7,9,14,19H,8H2,1H3,(H,15,16)(H,17,18). The Morgan fingerprint density at radius 3 is 2.47 bits per heavy atom. The Balaban J connectivity index is 2.54. The van der Waals surface area contributed by atoms with Gasteiger partial charge in [-0.05, 0) is 24.1 Å². The normalized spacial score (nSPS) is 12.3. The maximum atomic E-state index is 10.8. The largest absolute Gasteiger partial charge is 0.480 e. The number of carbonyl (C=O) groups is 2. The lowest BCUT2D eigenvalue weighted by Crippen LogP contribution is -2.33. The molecule has 0 bridgehead atoms. The SMILES string of the molecule is CC(NCc1ccc(C=CC(=O)NO)cc1)C(=O)O. The average Bonchev–Trinajstić information content (AvgIpc) is 2.42. The number of rotatable bonds is 6. The van der Waals surface area contributed by atoms with E-state index in [0.29, 0.717) is 6.54 Å². The summed E-state index contributed by atoms with van der Waals surface area (Å²) in [7, 11) is 0. The molecule has 4 N–H and O–H groups in total. The summed E-state index contributed by atoms with van der Waals surface area (Å²) in [6, 6.07) is 6.65. The highest BCUT2D eigenvalue weighted by Crippen LogP contribution is 2.06. The molecule has 0 aliphatic carbocycles. The molecule has 0 aliphatic heterocycles. The molecular formula is C13H16N2O4. The summed E-state index contributed by atoms with van der Waals surface area (Å²) in [6.07, 6.45) is 2.77. The van der Waals surface area contributed by atoms with E-state index in [2.05, 4.69) is 5.32 Å². The third-order valence-electron chi connectivity index (χ3n) is 2.50. The third-order valence-corrected chi connectivity index (χ3v) is 2.50. The molecule has 1 aromatic rings. The van der Waals surface area contributed by atoms with E-state index in [-0.39, 0.29) is 0 Å². The predicted molar refractivity (Wildman–Crippen MR) is 69.3 cm³/mol. The van der Waals surface area contributed by atoms with Crippen LogP contribution in [-0.4, -0.2) is 28.2 Å². The zero-order valence-electron chi connectivity index (χ0n) is 10.5. The number of hydrogen-bond donors (Lipinski definition) is 4. The molecule has 0 aliphatic rings. The number of amides is 1. The van der Waals surface area contributed by atoms with Crippen molar-refractivity contribution >= 4 is 18.0 Å². The van der Waals surface area contributed by atoms with Crippen molar-refractivity contribution in [2.24, 2.45) is 0 Å². The maximum absolute atomic E-state index is 10.8. The van der Waals surface area contributed by atoms with E-state index < -0.39 is 17.9 Å². The Bertz CT molecular complexity index is 468. The molecule has 1 rings (SSSR count).